The number of carbonyl (C=O) groups is 1. The van der Waals surface area contributed by atoms with E-state index < -0.39 is 17.6 Å². The maximum absolute atomic E-state index is 14.3. The summed E-state index contributed by atoms with van der Waals surface area (Å²) in [6.07, 6.45) is -2.82. The highest BCUT2D eigenvalue weighted by atomic mass is 19.4. The van der Waals surface area contributed by atoms with Crippen molar-refractivity contribution in [1.82, 2.24) is 24.3 Å². The normalized spacial score (nSPS) is 15.0. The molecule has 2 aromatic carbocycles. The molecule has 0 amide bonds. The van der Waals surface area contributed by atoms with E-state index in [0.29, 0.717) is 52.9 Å². The van der Waals surface area contributed by atoms with Crippen LogP contribution in [0.1, 0.15) is 25.1 Å². The first-order chi connectivity index (χ1) is 20.0. The van der Waals surface area contributed by atoms with Gasteiger partial charge in [-0.1, -0.05) is 0 Å². The Bertz CT molecular complexity index is 1580. The van der Waals surface area contributed by atoms with E-state index in [4.69, 9.17) is 4.74 Å². The fourth-order valence-corrected chi connectivity index (χ4v) is 4.97. The van der Waals surface area contributed by atoms with Crippen LogP contribution in [0.3, 0.4) is 0 Å². The lowest BCUT2D eigenvalue weighted by Crippen LogP contribution is -2.50. The number of hydrogen-bond acceptors (Lipinski definition) is 7. The molecule has 4 aromatic rings. The van der Waals surface area contributed by atoms with E-state index in [2.05, 4.69) is 38.9 Å². The molecule has 0 atom stereocenters. The van der Waals surface area contributed by atoms with E-state index in [9.17, 15) is 22.4 Å². The summed E-state index contributed by atoms with van der Waals surface area (Å²) in [7, 11) is 1.67. The van der Waals surface area contributed by atoms with E-state index in [1.807, 2.05) is 0 Å². The topological polar surface area (TPSA) is 75.5 Å². The number of halogens is 4. The molecular weight excluding hydrogens is 552 g/mol. The number of fused-ring (bicyclic) bond motifs is 1. The van der Waals surface area contributed by atoms with Gasteiger partial charge in [-0.15, -0.1) is 0 Å². The number of imidazole rings is 1. The van der Waals surface area contributed by atoms with Crippen LogP contribution in [0.15, 0.2) is 54.7 Å². The Labute approximate surface area is 240 Å². The first-order valence-corrected chi connectivity index (χ1v) is 13.7. The van der Waals surface area contributed by atoms with Gasteiger partial charge in [-0.05, 0) is 50.2 Å². The average Bonchev–Trinajstić information content (AvgIpc) is 3.23. The third-order valence-corrected chi connectivity index (χ3v) is 7.33. The Kier molecular flexibility index (Phi) is 8.46. The third-order valence-electron chi connectivity index (χ3n) is 7.33. The van der Waals surface area contributed by atoms with Gasteiger partial charge in [-0.25, -0.2) is 9.37 Å². The number of pyridine rings is 1. The molecule has 5 rings (SSSR count). The fraction of sp³-hybridized carbons (Fsp3) is 0.367. The summed E-state index contributed by atoms with van der Waals surface area (Å²) in [6.45, 7) is 8.37. The number of nitrogens with one attached hydrogen (secondary N) is 1. The number of aromatic nitrogens is 3. The van der Waals surface area contributed by atoms with Crippen molar-refractivity contribution in [3.8, 4) is 11.5 Å². The number of ether oxygens (including phenoxy) is 1. The van der Waals surface area contributed by atoms with E-state index in [1.165, 1.54) is 0 Å². The first kappa shape index (κ1) is 29.5. The molecule has 0 saturated carbocycles. The van der Waals surface area contributed by atoms with Crippen LogP contribution in [0.5, 0.6) is 11.5 Å². The van der Waals surface area contributed by atoms with Gasteiger partial charge in [0.15, 0.2) is 5.78 Å². The van der Waals surface area contributed by atoms with Crippen LogP contribution in [0.2, 0.25) is 0 Å². The van der Waals surface area contributed by atoms with Crippen LogP contribution in [0, 0.1) is 5.82 Å². The van der Waals surface area contributed by atoms with Gasteiger partial charge in [0.2, 0.25) is 5.95 Å². The lowest BCUT2D eigenvalue weighted by molar-refractivity contribution is -0.137. The summed E-state index contributed by atoms with van der Waals surface area (Å²) in [4.78, 5) is 26.1. The second kappa shape index (κ2) is 12.1. The van der Waals surface area contributed by atoms with Crippen LogP contribution in [0.4, 0.5) is 29.2 Å². The second-order valence-electron chi connectivity index (χ2n) is 10.7. The molecule has 222 valence electrons. The Morgan fingerprint density at radius 2 is 1.76 bits per heavy atom. The molecule has 0 aliphatic carbocycles. The number of ketones is 1. The molecule has 0 unspecified atom stereocenters. The van der Waals surface area contributed by atoms with E-state index in [0.717, 1.165) is 32.2 Å². The minimum absolute atomic E-state index is 0.0878. The maximum Gasteiger partial charge on any atom is 0.416 e. The molecule has 1 aliphatic heterocycles. The molecule has 2 aromatic heterocycles. The molecule has 0 spiro atoms. The Morgan fingerprint density at radius 3 is 2.48 bits per heavy atom. The Morgan fingerprint density at radius 1 is 1.02 bits per heavy atom. The highest BCUT2D eigenvalue weighted by Gasteiger charge is 2.31. The summed E-state index contributed by atoms with van der Waals surface area (Å²) >= 11 is 0. The number of nitrogens with zero attached hydrogens (tertiary/aromatic N) is 5. The highest BCUT2D eigenvalue weighted by molar-refractivity contribution is 5.83. The van der Waals surface area contributed by atoms with Crippen molar-refractivity contribution in [2.75, 3.05) is 38.0 Å². The predicted octanol–water partition coefficient (Wildman–Crippen LogP) is 5.80. The number of benzene rings is 2. The minimum Gasteiger partial charge on any atom is -0.457 e. The lowest BCUT2D eigenvalue weighted by atomic mass is 10.1. The number of aryl methyl sites for hydroxylation is 1. The quantitative estimate of drug-likeness (QED) is 0.249. The summed E-state index contributed by atoms with van der Waals surface area (Å²) < 4.78 is 61.3. The average molecular weight is 585 g/mol. The van der Waals surface area contributed by atoms with Gasteiger partial charge < -0.3 is 14.6 Å². The van der Waals surface area contributed by atoms with Crippen LogP contribution in [-0.2, 0) is 24.4 Å². The maximum atomic E-state index is 14.3. The zero-order valence-corrected chi connectivity index (χ0v) is 23.6. The number of carbonyl (C=O) groups excluding carboxylic acids is 1. The number of piperazine rings is 1. The van der Waals surface area contributed by atoms with Crippen molar-refractivity contribution in [1.29, 1.82) is 0 Å². The van der Waals surface area contributed by atoms with Crippen molar-refractivity contribution in [3.05, 3.63) is 71.8 Å². The molecule has 1 saturated heterocycles. The van der Waals surface area contributed by atoms with Crippen LogP contribution < -0.4 is 10.1 Å². The number of Topliss-reactive ketones (excluding diaryl/α,β-unsaturated/α-hetero) is 1. The van der Waals surface area contributed by atoms with Crippen molar-refractivity contribution in [3.63, 3.8) is 0 Å². The summed E-state index contributed by atoms with van der Waals surface area (Å²) in [5.74, 6) is 0.377. The molecule has 1 aliphatic rings. The van der Waals surface area contributed by atoms with E-state index in [1.54, 1.807) is 48.1 Å². The van der Waals surface area contributed by atoms with Crippen molar-refractivity contribution in [2.24, 2.45) is 7.05 Å². The lowest BCUT2D eigenvalue weighted by Gasteiger charge is -2.36. The number of alkyl halides is 3. The summed E-state index contributed by atoms with van der Waals surface area (Å²) in [6, 6.07) is 11.2. The fourth-order valence-electron chi connectivity index (χ4n) is 4.97. The van der Waals surface area contributed by atoms with Crippen molar-refractivity contribution < 1.29 is 27.1 Å². The van der Waals surface area contributed by atoms with Crippen molar-refractivity contribution >= 4 is 28.5 Å². The minimum atomic E-state index is -4.61. The SMILES string of the molecule is CC(C)N1CCN(CC(=O)Cc2cc(Oc3ccc4c(c3)nc(Nc3cc(C(F)(F)F)ccc3F)n4C)ccn2)CC1. The highest BCUT2D eigenvalue weighted by Crippen LogP contribution is 2.33. The standard InChI is InChI=1S/C30H32F4N6O2/c1-19(2)40-12-10-39(11-13-40)18-22(41)15-21-16-24(8-9-35-21)42-23-5-7-28-27(17-23)37-29(38(28)3)36-26-14-20(30(32,33)34)4-6-25(26)31/h4-9,14,16-17,19H,10-13,15,18H2,1-3H3,(H,36,37). The predicted molar refractivity (Wildman–Crippen MR) is 152 cm³/mol. The van der Waals surface area contributed by atoms with Crippen molar-refractivity contribution in [2.45, 2.75) is 32.5 Å². The molecule has 42 heavy (non-hydrogen) atoms. The van der Waals surface area contributed by atoms with E-state index in [-0.39, 0.29) is 23.8 Å². The molecular formula is C30H32F4N6O2. The van der Waals surface area contributed by atoms with E-state index >= 15 is 0 Å². The molecule has 3 heterocycles. The molecule has 1 N–H and O–H groups in total. The number of rotatable bonds is 9. The van der Waals surface area contributed by atoms with Gasteiger partial charge in [-0.3, -0.25) is 19.6 Å². The molecule has 1 fully saturated rings. The van der Waals surface area contributed by atoms with Gasteiger partial charge >= 0.3 is 6.18 Å². The van der Waals surface area contributed by atoms with Crippen LogP contribution >= 0.6 is 0 Å². The Balaban J connectivity index is 1.24. The van der Waals surface area contributed by atoms with Gasteiger partial charge in [0.25, 0.3) is 0 Å². The first-order valence-electron chi connectivity index (χ1n) is 13.7. The third kappa shape index (κ3) is 6.88. The molecule has 12 heteroatoms. The Hall–Kier alpha value is -4.03. The molecule has 8 nitrogen and oxygen atoms in total. The van der Waals surface area contributed by atoms with Crippen LogP contribution in [0.25, 0.3) is 11.0 Å². The number of hydrogen-bond donors (Lipinski definition) is 1. The van der Waals surface area contributed by atoms with Gasteiger partial charge in [0.05, 0.1) is 40.9 Å². The van der Waals surface area contributed by atoms with Gasteiger partial charge in [0.1, 0.15) is 17.3 Å². The zero-order valence-electron chi connectivity index (χ0n) is 23.6. The molecule has 0 bridgehead atoms. The molecule has 0 radical (unpaired) electrons. The largest absolute Gasteiger partial charge is 0.457 e. The second-order valence-corrected chi connectivity index (χ2v) is 10.7. The smallest absolute Gasteiger partial charge is 0.416 e. The number of anilines is 2. The zero-order chi connectivity index (χ0) is 30.0. The summed E-state index contributed by atoms with van der Waals surface area (Å²) in [5.41, 5.74) is 0.450. The monoisotopic (exact) mass is 584 g/mol. The van der Waals surface area contributed by atoms with Crippen LogP contribution in [-0.4, -0.2) is 68.9 Å². The van der Waals surface area contributed by atoms with Gasteiger partial charge in [0, 0.05) is 57.6 Å². The summed E-state index contributed by atoms with van der Waals surface area (Å²) in [5, 5.41) is 2.66. The van der Waals surface area contributed by atoms with Gasteiger partial charge in [-0.2, -0.15) is 13.2 Å².